The molecule has 17 heavy (non-hydrogen) atoms. The molecule has 0 N–H and O–H groups in total. The van der Waals surface area contributed by atoms with Gasteiger partial charge in [0.2, 0.25) is 3.70 Å². The van der Waals surface area contributed by atoms with E-state index in [2.05, 4.69) is 9.72 Å². The molecule has 1 aromatic heterocycles. The van der Waals surface area contributed by atoms with Crippen LogP contribution in [0.2, 0.25) is 0 Å². The summed E-state index contributed by atoms with van der Waals surface area (Å²) < 4.78 is 29.8. The highest BCUT2D eigenvalue weighted by Gasteiger charge is 2.31. The molecule has 92 valence electrons. The van der Waals surface area contributed by atoms with Gasteiger partial charge in [0.05, 0.1) is 12.7 Å². The number of alkyl halides is 2. The van der Waals surface area contributed by atoms with Crippen molar-refractivity contribution in [3.05, 3.63) is 31.0 Å². The Labute approximate surface area is 107 Å². The van der Waals surface area contributed by atoms with Crippen molar-refractivity contribution in [2.24, 2.45) is 0 Å². The Hall–Kier alpha value is -1.39. The molecule has 0 aliphatic carbocycles. The molecule has 9 heteroatoms. The summed E-state index contributed by atoms with van der Waals surface area (Å²) in [7, 11) is 0.997. The fourth-order valence-electron chi connectivity index (χ4n) is 1.14. The summed E-state index contributed by atoms with van der Waals surface area (Å²) in [5.41, 5.74) is -1.57. The van der Waals surface area contributed by atoms with Crippen molar-refractivity contribution < 1.29 is 23.2 Å². The standard InChI is InChI=1S/C8H5F2IN2O4/c1-17-8(14)3-2-4(11)12-7(13(15)16)5(3)6(9)10/h2,6H,1H3. The Balaban J connectivity index is 3.57. The van der Waals surface area contributed by atoms with Gasteiger partial charge < -0.3 is 14.9 Å². The molecule has 1 heterocycles. The van der Waals surface area contributed by atoms with E-state index in [1.165, 1.54) is 0 Å². The van der Waals surface area contributed by atoms with Gasteiger partial charge in [0.25, 0.3) is 6.43 Å². The van der Waals surface area contributed by atoms with Gasteiger partial charge >= 0.3 is 11.8 Å². The van der Waals surface area contributed by atoms with E-state index in [4.69, 9.17) is 0 Å². The first-order chi connectivity index (χ1) is 7.88. The molecule has 0 saturated heterocycles. The summed E-state index contributed by atoms with van der Waals surface area (Å²) >= 11 is 1.59. The maximum absolute atomic E-state index is 12.7. The van der Waals surface area contributed by atoms with Gasteiger partial charge in [0, 0.05) is 28.7 Å². The minimum absolute atomic E-state index is 0.0547. The zero-order chi connectivity index (χ0) is 13.2. The smallest absolute Gasteiger partial charge is 0.374 e. The van der Waals surface area contributed by atoms with Crippen molar-refractivity contribution in [2.45, 2.75) is 6.43 Å². The maximum atomic E-state index is 12.7. The largest absolute Gasteiger partial charge is 0.465 e. The summed E-state index contributed by atoms with van der Waals surface area (Å²) in [6.45, 7) is 0. The number of hydrogen-bond donors (Lipinski definition) is 0. The van der Waals surface area contributed by atoms with Crippen molar-refractivity contribution in [1.29, 1.82) is 0 Å². The Morgan fingerprint density at radius 1 is 1.65 bits per heavy atom. The van der Waals surface area contributed by atoms with Crippen LogP contribution < -0.4 is 0 Å². The summed E-state index contributed by atoms with van der Waals surface area (Å²) in [6, 6.07) is 1.01. The van der Waals surface area contributed by atoms with Crippen LogP contribution in [-0.4, -0.2) is 23.0 Å². The number of pyridine rings is 1. The number of methoxy groups -OCH3 is 1. The molecular formula is C8H5F2IN2O4. The van der Waals surface area contributed by atoms with Crippen molar-refractivity contribution in [3.8, 4) is 0 Å². The third kappa shape index (κ3) is 2.84. The summed E-state index contributed by atoms with van der Waals surface area (Å²) in [6.07, 6.45) is -3.19. The molecule has 0 unspecified atom stereocenters. The van der Waals surface area contributed by atoms with Crippen molar-refractivity contribution in [3.63, 3.8) is 0 Å². The molecule has 0 amide bonds. The molecule has 0 spiro atoms. The highest BCUT2D eigenvalue weighted by molar-refractivity contribution is 14.1. The van der Waals surface area contributed by atoms with Crippen LogP contribution in [0.15, 0.2) is 6.07 Å². The number of carbonyl (C=O) groups is 1. The van der Waals surface area contributed by atoms with E-state index in [1.54, 1.807) is 22.6 Å². The normalized spacial score (nSPS) is 10.4. The minimum atomic E-state index is -3.19. The Bertz CT molecular complexity index is 481. The highest BCUT2D eigenvalue weighted by atomic mass is 127. The topological polar surface area (TPSA) is 82.3 Å². The van der Waals surface area contributed by atoms with Crippen LogP contribution >= 0.6 is 22.6 Å². The van der Waals surface area contributed by atoms with Gasteiger partial charge in [-0.2, -0.15) is 0 Å². The number of ether oxygens (including phenoxy) is 1. The van der Waals surface area contributed by atoms with Gasteiger partial charge in [-0.1, -0.05) is 0 Å². The van der Waals surface area contributed by atoms with Crippen LogP contribution in [0, 0.1) is 13.8 Å². The highest BCUT2D eigenvalue weighted by Crippen LogP contribution is 2.31. The minimum Gasteiger partial charge on any atom is -0.465 e. The van der Waals surface area contributed by atoms with E-state index >= 15 is 0 Å². The van der Waals surface area contributed by atoms with E-state index in [0.717, 1.165) is 13.2 Å². The summed E-state index contributed by atoms with van der Waals surface area (Å²) in [5, 5.41) is 10.6. The zero-order valence-corrected chi connectivity index (χ0v) is 10.5. The number of nitro groups is 1. The number of aromatic nitrogens is 1. The summed E-state index contributed by atoms with van der Waals surface area (Å²) in [5.74, 6) is -2.10. The lowest BCUT2D eigenvalue weighted by molar-refractivity contribution is -0.391. The quantitative estimate of drug-likeness (QED) is 0.272. The van der Waals surface area contributed by atoms with Crippen LogP contribution in [0.1, 0.15) is 22.3 Å². The maximum Gasteiger partial charge on any atom is 0.374 e. The number of nitrogens with zero attached hydrogens (tertiary/aromatic N) is 2. The van der Waals surface area contributed by atoms with Crippen LogP contribution in [0.3, 0.4) is 0 Å². The monoisotopic (exact) mass is 358 g/mol. The van der Waals surface area contributed by atoms with Crippen molar-refractivity contribution >= 4 is 34.4 Å². The van der Waals surface area contributed by atoms with Crippen LogP contribution in [0.25, 0.3) is 0 Å². The Morgan fingerprint density at radius 2 is 2.24 bits per heavy atom. The molecule has 0 saturated carbocycles. The molecule has 0 fully saturated rings. The molecule has 0 bridgehead atoms. The molecule has 0 atom stereocenters. The molecule has 0 aliphatic rings. The third-order valence-corrected chi connectivity index (χ3v) is 2.36. The first kappa shape index (κ1) is 13.7. The van der Waals surface area contributed by atoms with E-state index in [9.17, 15) is 23.7 Å². The predicted octanol–water partition coefficient (Wildman–Crippen LogP) is 2.32. The fraction of sp³-hybridized carbons (Fsp3) is 0.250. The molecule has 1 rings (SSSR count). The second kappa shape index (κ2) is 5.29. The zero-order valence-electron chi connectivity index (χ0n) is 8.32. The lowest BCUT2D eigenvalue weighted by atomic mass is 10.1. The molecule has 0 radical (unpaired) electrons. The van der Waals surface area contributed by atoms with Crippen LogP contribution in [0.4, 0.5) is 14.6 Å². The molecule has 6 nitrogen and oxygen atoms in total. The van der Waals surface area contributed by atoms with Crippen LogP contribution in [0.5, 0.6) is 0 Å². The molecule has 0 aliphatic heterocycles. The average Bonchev–Trinajstić information content (AvgIpc) is 2.26. The molecular weight excluding hydrogens is 353 g/mol. The molecule has 0 aromatic carbocycles. The number of carbonyl (C=O) groups excluding carboxylic acids is 1. The van der Waals surface area contributed by atoms with Gasteiger partial charge in [-0.05, 0) is 9.91 Å². The van der Waals surface area contributed by atoms with Gasteiger partial charge in [0.15, 0.2) is 0 Å². The van der Waals surface area contributed by atoms with E-state index in [0.29, 0.717) is 0 Å². The third-order valence-electron chi connectivity index (χ3n) is 1.80. The lowest BCUT2D eigenvalue weighted by Crippen LogP contribution is -2.11. The van der Waals surface area contributed by atoms with Crippen molar-refractivity contribution in [2.75, 3.05) is 7.11 Å². The van der Waals surface area contributed by atoms with Crippen molar-refractivity contribution in [1.82, 2.24) is 4.98 Å². The first-order valence-electron chi connectivity index (χ1n) is 4.09. The SMILES string of the molecule is COC(=O)c1cc(I)nc([N+](=O)[O-])c1C(F)F. The Kier molecular flexibility index (Phi) is 4.26. The van der Waals surface area contributed by atoms with E-state index in [1.807, 2.05) is 0 Å². The lowest BCUT2D eigenvalue weighted by Gasteiger charge is -2.07. The van der Waals surface area contributed by atoms with Gasteiger partial charge in [0.1, 0.15) is 5.56 Å². The number of esters is 1. The number of halogens is 3. The van der Waals surface area contributed by atoms with Gasteiger partial charge in [-0.25, -0.2) is 13.6 Å². The number of hydrogen-bond acceptors (Lipinski definition) is 5. The molecule has 1 aromatic rings. The fourth-order valence-corrected chi connectivity index (χ4v) is 1.68. The second-order valence-electron chi connectivity index (χ2n) is 2.78. The average molecular weight is 358 g/mol. The summed E-state index contributed by atoms with van der Waals surface area (Å²) in [4.78, 5) is 24.2. The van der Waals surface area contributed by atoms with E-state index in [-0.39, 0.29) is 3.70 Å². The Morgan fingerprint density at radius 3 is 2.65 bits per heavy atom. The van der Waals surface area contributed by atoms with Crippen LogP contribution in [-0.2, 0) is 4.74 Å². The first-order valence-corrected chi connectivity index (χ1v) is 5.17. The second-order valence-corrected chi connectivity index (χ2v) is 3.88. The predicted molar refractivity (Wildman–Crippen MR) is 59.9 cm³/mol. The van der Waals surface area contributed by atoms with Gasteiger partial charge in [-0.3, -0.25) is 0 Å². The number of rotatable bonds is 3. The van der Waals surface area contributed by atoms with E-state index < -0.39 is 34.3 Å². The van der Waals surface area contributed by atoms with Gasteiger partial charge in [-0.15, -0.1) is 0 Å².